The van der Waals surface area contributed by atoms with E-state index in [2.05, 4.69) is 32.8 Å². The smallest absolute Gasteiger partial charge is 0.0649 e. The molecule has 11 heavy (non-hydrogen) atoms. The van der Waals surface area contributed by atoms with E-state index in [4.69, 9.17) is 0 Å². The molecule has 1 heterocycles. The van der Waals surface area contributed by atoms with Crippen LogP contribution in [0.2, 0.25) is 0 Å². The fourth-order valence-corrected chi connectivity index (χ4v) is 0.899. The molecular formula is C9H8BrN. The Morgan fingerprint density at radius 2 is 2.45 bits per heavy atom. The summed E-state index contributed by atoms with van der Waals surface area (Å²) >= 11 is 3.24. The molecule has 0 atom stereocenters. The molecule has 1 nitrogen and oxygen atoms in total. The van der Waals surface area contributed by atoms with Gasteiger partial charge in [-0.2, -0.15) is 0 Å². The SMILES string of the molecule is Cc1cc(C#CCBr)ccn1. The van der Waals surface area contributed by atoms with Crippen LogP contribution in [0, 0.1) is 18.8 Å². The van der Waals surface area contributed by atoms with Crippen LogP contribution in [0.25, 0.3) is 0 Å². The van der Waals surface area contributed by atoms with Crippen molar-refractivity contribution in [1.29, 1.82) is 0 Å². The summed E-state index contributed by atoms with van der Waals surface area (Å²) in [5.41, 5.74) is 2.03. The molecule has 0 aliphatic rings. The van der Waals surface area contributed by atoms with Crippen LogP contribution >= 0.6 is 15.9 Å². The second-order valence-electron chi connectivity index (χ2n) is 2.12. The number of alkyl halides is 1. The molecule has 56 valence electrons. The molecule has 0 bridgehead atoms. The van der Waals surface area contributed by atoms with Crippen LogP contribution < -0.4 is 0 Å². The van der Waals surface area contributed by atoms with E-state index in [0.717, 1.165) is 11.3 Å². The zero-order valence-electron chi connectivity index (χ0n) is 6.26. The monoisotopic (exact) mass is 209 g/mol. The molecule has 0 radical (unpaired) electrons. The van der Waals surface area contributed by atoms with Crippen LogP contribution in [0.1, 0.15) is 11.3 Å². The predicted molar refractivity (Wildman–Crippen MR) is 49.6 cm³/mol. The highest BCUT2D eigenvalue weighted by Gasteiger charge is 1.86. The molecule has 0 amide bonds. The minimum atomic E-state index is 0.717. The van der Waals surface area contributed by atoms with Crippen LogP contribution in [-0.4, -0.2) is 10.3 Å². The van der Waals surface area contributed by atoms with Crippen molar-refractivity contribution in [3.63, 3.8) is 0 Å². The quantitative estimate of drug-likeness (QED) is 0.472. The first-order chi connectivity index (χ1) is 5.33. The van der Waals surface area contributed by atoms with Gasteiger partial charge in [0.2, 0.25) is 0 Å². The average molecular weight is 210 g/mol. The molecule has 0 fully saturated rings. The maximum Gasteiger partial charge on any atom is 0.0649 e. The first kappa shape index (κ1) is 8.29. The molecular weight excluding hydrogens is 202 g/mol. The summed E-state index contributed by atoms with van der Waals surface area (Å²) in [4.78, 5) is 4.07. The second-order valence-corrected chi connectivity index (χ2v) is 2.68. The van der Waals surface area contributed by atoms with Gasteiger partial charge in [0.25, 0.3) is 0 Å². The molecule has 0 spiro atoms. The van der Waals surface area contributed by atoms with E-state index < -0.39 is 0 Å². The molecule has 0 aliphatic carbocycles. The molecule has 0 unspecified atom stereocenters. The van der Waals surface area contributed by atoms with Gasteiger partial charge in [-0.1, -0.05) is 27.8 Å². The van der Waals surface area contributed by atoms with Crippen molar-refractivity contribution in [2.75, 3.05) is 5.33 Å². The highest BCUT2D eigenvalue weighted by Crippen LogP contribution is 1.97. The normalized spacial score (nSPS) is 8.55. The van der Waals surface area contributed by atoms with Crippen LogP contribution in [0.15, 0.2) is 18.3 Å². The maximum atomic E-state index is 4.07. The number of hydrogen-bond donors (Lipinski definition) is 0. The number of aryl methyl sites for hydroxylation is 1. The summed E-state index contributed by atoms with van der Waals surface area (Å²) in [5.74, 6) is 5.93. The van der Waals surface area contributed by atoms with Gasteiger partial charge in [-0.3, -0.25) is 4.98 Å². The van der Waals surface area contributed by atoms with Crippen LogP contribution in [0.3, 0.4) is 0 Å². The third-order valence-corrected chi connectivity index (χ3v) is 1.48. The first-order valence-corrected chi connectivity index (χ1v) is 4.42. The lowest BCUT2D eigenvalue weighted by atomic mass is 10.2. The molecule has 1 aromatic rings. The van der Waals surface area contributed by atoms with E-state index in [1.165, 1.54) is 0 Å². The van der Waals surface area contributed by atoms with Gasteiger partial charge in [0.15, 0.2) is 0 Å². The standard InChI is InChI=1S/C9H8BrN/c1-8-7-9(3-2-5-10)4-6-11-8/h4,6-7H,5H2,1H3. The zero-order valence-corrected chi connectivity index (χ0v) is 7.85. The van der Waals surface area contributed by atoms with Crippen molar-refractivity contribution in [3.05, 3.63) is 29.6 Å². The van der Waals surface area contributed by atoms with Gasteiger partial charge in [-0.25, -0.2) is 0 Å². The average Bonchev–Trinajstić information content (AvgIpc) is 2.01. The Hall–Kier alpha value is -0.810. The van der Waals surface area contributed by atoms with Crippen LogP contribution in [0.4, 0.5) is 0 Å². The van der Waals surface area contributed by atoms with E-state index in [1.807, 2.05) is 19.1 Å². The molecule has 0 N–H and O–H groups in total. The largest absolute Gasteiger partial charge is 0.262 e. The molecule has 1 aromatic heterocycles. The van der Waals surface area contributed by atoms with Crippen molar-refractivity contribution in [2.45, 2.75) is 6.92 Å². The van der Waals surface area contributed by atoms with Gasteiger partial charge in [0, 0.05) is 17.5 Å². The van der Waals surface area contributed by atoms with Gasteiger partial charge < -0.3 is 0 Å². The highest BCUT2D eigenvalue weighted by atomic mass is 79.9. The van der Waals surface area contributed by atoms with E-state index in [0.29, 0.717) is 5.33 Å². The predicted octanol–water partition coefficient (Wildman–Crippen LogP) is 2.14. The third-order valence-electron chi connectivity index (χ3n) is 1.20. The third kappa shape index (κ3) is 2.73. The van der Waals surface area contributed by atoms with Crippen molar-refractivity contribution in [1.82, 2.24) is 4.98 Å². The molecule has 1 rings (SSSR count). The number of rotatable bonds is 0. The van der Waals surface area contributed by atoms with Gasteiger partial charge in [-0.15, -0.1) is 0 Å². The molecule has 2 heteroatoms. The zero-order chi connectivity index (χ0) is 8.10. The Morgan fingerprint density at radius 3 is 3.09 bits per heavy atom. The van der Waals surface area contributed by atoms with Crippen molar-refractivity contribution in [2.24, 2.45) is 0 Å². The van der Waals surface area contributed by atoms with Gasteiger partial charge in [-0.05, 0) is 19.1 Å². The van der Waals surface area contributed by atoms with Crippen LogP contribution in [0.5, 0.6) is 0 Å². The van der Waals surface area contributed by atoms with E-state index in [9.17, 15) is 0 Å². The topological polar surface area (TPSA) is 12.9 Å². The molecule has 0 saturated heterocycles. The van der Waals surface area contributed by atoms with E-state index in [1.54, 1.807) is 6.20 Å². The molecule has 0 saturated carbocycles. The maximum absolute atomic E-state index is 4.07. The van der Waals surface area contributed by atoms with Gasteiger partial charge in [0.05, 0.1) is 5.33 Å². The summed E-state index contributed by atoms with van der Waals surface area (Å²) in [6.07, 6.45) is 1.77. The minimum Gasteiger partial charge on any atom is -0.262 e. The Morgan fingerprint density at radius 1 is 1.64 bits per heavy atom. The highest BCUT2D eigenvalue weighted by molar-refractivity contribution is 9.09. The van der Waals surface area contributed by atoms with Gasteiger partial charge in [0.1, 0.15) is 0 Å². The first-order valence-electron chi connectivity index (χ1n) is 3.30. The number of nitrogens with zero attached hydrogens (tertiary/aromatic N) is 1. The fraction of sp³-hybridized carbons (Fsp3) is 0.222. The fourth-order valence-electron chi connectivity index (χ4n) is 0.759. The lowest BCUT2D eigenvalue weighted by Crippen LogP contribution is -1.81. The summed E-state index contributed by atoms with van der Waals surface area (Å²) in [5, 5.41) is 0.717. The summed E-state index contributed by atoms with van der Waals surface area (Å²) < 4.78 is 0. The van der Waals surface area contributed by atoms with Crippen molar-refractivity contribution >= 4 is 15.9 Å². The minimum absolute atomic E-state index is 0.717. The van der Waals surface area contributed by atoms with Crippen LogP contribution in [-0.2, 0) is 0 Å². The number of hydrogen-bond acceptors (Lipinski definition) is 1. The number of halogens is 1. The molecule has 0 aliphatic heterocycles. The number of aromatic nitrogens is 1. The second kappa shape index (κ2) is 4.15. The summed E-state index contributed by atoms with van der Waals surface area (Å²) in [6.45, 7) is 1.96. The lowest BCUT2D eigenvalue weighted by Gasteiger charge is -1.90. The lowest BCUT2D eigenvalue weighted by molar-refractivity contribution is 1.19. The summed E-state index contributed by atoms with van der Waals surface area (Å²) in [7, 11) is 0. The number of pyridine rings is 1. The van der Waals surface area contributed by atoms with Crippen molar-refractivity contribution in [3.8, 4) is 11.8 Å². The molecule has 0 aromatic carbocycles. The Balaban J connectivity index is 2.87. The Labute approximate surface area is 75.0 Å². The van der Waals surface area contributed by atoms with E-state index in [-0.39, 0.29) is 0 Å². The van der Waals surface area contributed by atoms with Gasteiger partial charge >= 0.3 is 0 Å². The van der Waals surface area contributed by atoms with E-state index >= 15 is 0 Å². The Kier molecular flexibility index (Phi) is 3.13. The Bertz CT molecular complexity index is 296. The van der Waals surface area contributed by atoms with Crippen molar-refractivity contribution < 1.29 is 0 Å². The summed E-state index contributed by atoms with van der Waals surface area (Å²) in [6, 6.07) is 3.87.